The normalized spacial score (nSPS) is 19.0. The van der Waals surface area contributed by atoms with Crippen LogP contribution >= 0.6 is 0 Å². The van der Waals surface area contributed by atoms with E-state index in [-0.39, 0.29) is 24.7 Å². The van der Waals surface area contributed by atoms with Crippen LogP contribution in [-0.4, -0.2) is 55.1 Å². The molecule has 0 bridgehead atoms. The largest absolute Gasteiger partial charge is 0.454 e. The summed E-state index contributed by atoms with van der Waals surface area (Å²) in [5, 5.41) is 2.81. The van der Waals surface area contributed by atoms with Crippen LogP contribution in [0.4, 0.5) is 4.79 Å². The summed E-state index contributed by atoms with van der Waals surface area (Å²) in [5.41, 5.74) is 0.360. The summed E-state index contributed by atoms with van der Waals surface area (Å²) in [7, 11) is 0. The molecule has 3 rings (SSSR count). The van der Waals surface area contributed by atoms with Gasteiger partial charge in [0.1, 0.15) is 5.60 Å². The van der Waals surface area contributed by atoms with Gasteiger partial charge in [-0.05, 0) is 51.8 Å². The second-order valence-electron chi connectivity index (χ2n) is 8.51. The van der Waals surface area contributed by atoms with Crippen LogP contribution in [-0.2, 0) is 20.8 Å². The second kappa shape index (κ2) is 8.90. The number of alkyl carbamates (subject to hydrolysis) is 1. The van der Waals surface area contributed by atoms with Crippen molar-refractivity contribution in [2.45, 2.75) is 52.3 Å². The summed E-state index contributed by atoms with van der Waals surface area (Å²) >= 11 is 0. The van der Waals surface area contributed by atoms with Crippen LogP contribution < -0.4 is 14.8 Å². The van der Waals surface area contributed by atoms with Crippen LogP contribution in [0, 0.1) is 5.92 Å². The topological polar surface area (TPSA) is 86.3 Å². The van der Waals surface area contributed by atoms with Gasteiger partial charge >= 0.3 is 6.09 Å². The molecular formula is C21H30N2O6. The van der Waals surface area contributed by atoms with Gasteiger partial charge in [0, 0.05) is 25.7 Å². The Morgan fingerprint density at radius 1 is 1.28 bits per heavy atom. The molecule has 0 aromatic heterocycles. The molecule has 0 spiro atoms. The Balaban J connectivity index is 1.67. The summed E-state index contributed by atoms with van der Waals surface area (Å²) in [4.78, 5) is 26.9. The minimum absolute atomic E-state index is 0.0259. The second-order valence-corrected chi connectivity index (χ2v) is 8.51. The van der Waals surface area contributed by atoms with Crippen LogP contribution in [0.3, 0.4) is 0 Å². The first-order chi connectivity index (χ1) is 13.7. The Bertz CT molecular complexity index is 739. The third kappa shape index (κ3) is 6.00. The van der Waals surface area contributed by atoms with E-state index in [1.807, 2.05) is 45.9 Å². The first kappa shape index (κ1) is 21.2. The molecule has 1 aromatic carbocycles. The summed E-state index contributed by atoms with van der Waals surface area (Å²) < 4.78 is 21.5. The molecule has 2 heterocycles. The monoisotopic (exact) mass is 406 g/mol. The van der Waals surface area contributed by atoms with Crippen LogP contribution in [0.1, 0.15) is 39.7 Å². The molecule has 0 radical (unpaired) electrons. The lowest BCUT2D eigenvalue weighted by Gasteiger charge is -2.29. The lowest BCUT2D eigenvalue weighted by molar-refractivity contribution is -0.136. The maximum absolute atomic E-state index is 13.1. The molecule has 2 amide bonds. The zero-order valence-electron chi connectivity index (χ0n) is 17.5. The molecule has 0 saturated carbocycles. The van der Waals surface area contributed by atoms with E-state index in [1.165, 1.54) is 0 Å². The molecular weight excluding hydrogens is 376 g/mol. The van der Waals surface area contributed by atoms with Crippen molar-refractivity contribution in [3.63, 3.8) is 0 Å². The van der Waals surface area contributed by atoms with E-state index in [0.717, 1.165) is 5.56 Å². The Labute approximate surface area is 171 Å². The summed E-state index contributed by atoms with van der Waals surface area (Å²) in [6.07, 6.45) is 0.217. The molecule has 2 aliphatic rings. The van der Waals surface area contributed by atoms with E-state index < -0.39 is 11.7 Å². The molecule has 8 nitrogen and oxygen atoms in total. The molecule has 2 atom stereocenters. The SMILES string of the molecule is C[C@H](CN(Cc1ccc2c(c1)OCO2)C(=O)[C@H]1CCOC1)NC(=O)OC(C)(C)C. The van der Waals surface area contributed by atoms with Crippen molar-refractivity contribution in [1.29, 1.82) is 0 Å². The van der Waals surface area contributed by atoms with Gasteiger partial charge < -0.3 is 29.2 Å². The maximum Gasteiger partial charge on any atom is 0.407 e. The fourth-order valence-corrected chi connectivity index (χ4v) is 3.36. The molecule has 1 N–H and O–H groups in total. The van der Waals surface area contributed by atoms with Gasteiger partial charge in [0.25, 0.3) is 0 Å². The summed E-state index contributed by atoms with van der Waals surface area (Å²) in [5.74, 6) is 1.26. The van der Waals surface area contributed by atoms with Gasteiger partial charge in [-0.15, -0.1) is 0 Å². The van der Waals surface area contributed by atoms with Crippen molar-refractivity contribution in [3.05, 3.63) is 23.8 Å². The van der Waals surface area contributed by atoms with Crippen LogP contribution in [0.15, 0.2) is 18.2 Å². The standard InChI is InChI=1S/C21H30N2O6/c1-14(22-20(25)29-21(2,3)4)10-23(19(24)16-7-8-26-12-16)11-15-5-6-17-18(9-15)28-13-27-17/h5-6,9,14,16H,7-8,10-13H2,1-4H3,(H,22,25)/t14-,16+/m1/s1. The fraction of sp³-hybridized carbons (Fsp3) is 0.619. The number of benzene rings is 1. The van der Waals surface area contributed by atoms with Gasteiger partial charge in [-0.1, -0.05) is 6.07 Å². The summed E-state index contributed by atoms with van der Waals surface area (Å²) in [6, 6.07) is 5.39. The zero-order chi connectivity index (χ0) is 21.0. The van der Waals surface area contributed by atoms with Crippen molar-refractivity contribution in [2.24, 2.45) is 5.92 Å². The third-order valence-corrected chi connectivity index (χ3v) is 4.66. The average Bonchev–Trinajstić information content (AvgIpc) is 3.30. The van der Waals surface area contributed by atoms with Gasteiger partial charge in [-0.3, -0.25) is 4.79 Å². The third-order valence-electron chi connectivity index (χ3n) is 4.66. The molecule has 29 heavy (non-hydrogen) atoms. The summed E-state index contributed by atoms with van der Waals surface area (Å²) in [6.45, 7) is 9.30. The van der Waals surface area contributed by atoms with E-state index in [9.17, 15) is 9.59 Å². The lowest BCUT2D eigenvalue weighted by Crippen LogP contribution is -2.47. The fourth-order valence-electron chi connectivity index (χ4n) is 3.36. The van der Waals surface area contributed by atoms with Gasteiger partial charge in [0.2, 0.25) is 12.7 Å². The number of fused-ring (bicyclic) bond motifs is 1. The van der Waals surface area contributed by atoms with Crippen LogP contribution in [0.2, 0.25) is 0 Å². The molecule has 1 saturated heterocycles. The number of hydrogen-bond acceptors (Lipinski definition) is 6. The number of nitrogens with one attached hydrogen (secondary N) is 1. The smallest absolute Gasteiger partial charge is 0.407 e. The van der Waals surface area contributed by atoms with Crippen LogP contribution in [0.25, 0.3) is 0 Å². The van der Waals surface area contributed by atoms with Crippen LogP contribution in [0.5, 0.6) is 11.5 Å². The van der Waals surface area contributed by atoms with E-state index >= 15 is 0 Å². The zero-order valence-corrected chi connectivity index (χ0v) is 17.5. The van der Waals surface area contributed by atoms with E-state index in [0.29, 0.717) is 44.2 Å². The first-order valence-electron chi connectivity index (χ1n) is 9.96. The number of carbonyl (C=O) groups is 2. The number of ether oxygens (including phenoxy) is 4. The van der Waals surface area contributed by atoms with E-state index in [4.69, 9.17) is 18.9 Å². The minimum Gasteiger partial charge on any atom is -0.454 e. The Kier molecular flexibility index (Phi) is 6.52. The Hall–Kier alpha value is -2.48. The lowest BCUT2D eigenvalue weighted by atomic mass is 10.1. The van der Waals surface area contributed by atoms with Crippen molar-refractivity contribution in [1.82, 2.24) is 10.2 Å². The average molecular weight is 406 g/mol. The Morgan fingerprint density at radius 2 is 2.03 bits per heavy atom. The highest BCUT2D eigenvalue weighted by molar-refractivity contribution is 5.79. The molecule has 160 valence electrons. The van der Waals surface area contributed by atoms with Gasteiger partial charge in [0.05, 0.1) is 12.5 Å². The van der Waals surface area contributed by atoms with Crippen molar-refractivity contribution < 1.29 is 28.5 Å². The predicted octanol–water partition coefficient (Wildman–Crippen LogP) is 2.69. The quantitative estimate of drug-likeness (QED) is 0.782. The molecule has 1 aromatic rings. The van der Waals surface area contributed by atoms with Gasteiger partial charge in [-0.25, -0.2) is 4.79 Å². The van der Waals surface area contributed by atoms with Crippen molar-refractivity contribution in [2.75, 3.05) is 26.6 Å². The van der Waals surface area contributed by atoms with E-state index in [2.05, 4.69) is 5.32 Å². The maximum atomic E-state index is 13.1. The van der Waals surface area contributed by atoms with Crippen molar-refractivity contribution in [3.8, 4) is 11.5 Å². The molecule has 0 aliphatic carbocycles. The molecule has 8 heteroatoms. The number of amides is 2. The predicted molar refractivity (Wildman–Crippen MR) is 106 cm³/mol. The van der Waals surface area contributed by atoms with Gasteiger partial charge in [-0.2, -0.15) is 0 Å². The van der Waals surface area contributed by atoms with E-state index in [1.54, 1.807) is 4.90 Å². The molecule has 0 unspecified atom stereocenters. The number of carbonyl (C=O) groups excluding carboxylic acids is 2. The number of nitrogens with zero attached hydrogens (tertiary/aromatic N) is 1. The molecule has 2 aliphatic heterocycles. The minimum atomic E-state index is -0.576. The number of hydrogen-bond donors (Lipinski definition) is 1. The highest BCUT2D eigenvalue weighted by atomic mass is 16.7. The highest BCUT2D eigenvalue weighted by Gasteiger charge is 2.30. The highest BCUT2D eigenvalue weighted by Crippen LogP contribution is 2.33. The Morgan fingerprint density at radius 3 is 2.72 bits per heavy atom. The van der Waals surface area contributed by atoms with Crippen molar-refractivity contribution >= 4 is 12.0 Å². The first-order valence-corrected chi connectivity index (χ1v) is 9.96. The molecule has 1 fully saturated rings. The number of rotatable bonds is 6. The van der Waals surface area contributed by atoms with Gasteiger partial charge in [0.15, 0.2) is 11.5 Å².